The fourth-order valence-electron chi connectivity index (χ4n) is 1.90. The Kier molecular flexibility index (Phi) is 3.62. The van der Waals surface area contributed by atoms with E-state index in [9.17, 15) is 4.79 Å². The first kappa shape index (κ1) is 12.3. The van der Waals surface area contributed by atoms with E-state index in [4.69, 9.17) is 4.42 Å². The van der Waals surface area contributed by atoms with Crippen molar-refractivity contribution in [2.75, 3.05) is 5.75 Å². The first-order valence-electron chi connectivity index (χ1n) is 5.82. The standard InChI is InChI=1S/C13H17NO2S/c1-9(2)10(8-17)7-14-11-5-3-4-6-12(11)16-13(14)15/h3-6,9-10,17H,7-8H2,1-2H3. The Labute approximate surface area is 106 Å². The van der Waals surface area contributed by atoms with Crippen LogP contribution in [0.4, 0.5) is 0 Å². The Morgan fingerprint density at radius 1 is 1.35 bits per heavy atom. The summed E-state index contributed by atoms with van der Waals surface area (Å²) in [4.78, 5) is 11.8. The number of benzene rings is 1. The monoisotopic (exact) mass is 251 g/mol. The van der Waals surface area contributed by atoms with Crippen LogP contribution in [0.2, 0.25) is 0 Å². The summed E-state index contributed by atoms with van der Waals surface area (Å²) in [5.74, 6) is 1.35. The number of fused-ring (bicyclic) bond motifs is 1. The summed E-state index contributed by atoms with van der Waals surface area (Å²) in [5, 5.41) is 0. The van der Waals surface area contributed by atoms with Crippen molar-refractivity contribution in [3.8, 4) is 0 Å². The average Bonchev–Trinajstić information content (AvgIpc) is 2.61. The van der Waals surface area contributed by atoms with Gasteiger partial charge in [0, 0.05) is 6.54 Å². The van der Waals surface area contributed by atoms with E-state index in [-0.39, 0.29) is 5.76 Å². The van der Waals surface area contributed by atoms with Crippen LogP contribution in [0.3, 0.4) is 0 Å². The second-order valence-corrected chi connectivity index (χ2v) is 5.00. The van der Waals surface area contributed by atoms with Crippen molar-refractivity contribution in [2.45, 2.75) is 20.4 Å². The molecule has 1 aromatic heterocycles. The molecule has 2 rings (SSSR count). The summed E-state index contributed by atoms with van der Waals surface area (Å²) in [6.07, 6.45) is 0. The summed E-state index contributed by atoms with van der Waals surface area (Å²) < 4.78 is 6.91. The fraction of sp³-hybridized carbons (Fsp3) is 0.462. The van der Waals surface area contributed by atoms with Gasteiger partial charge in [-0.05, 0) is 29.7 Å². The molecule has 0 spiro atoms. The summed E-state index contributed by atoms with van der Waals surface area (Å²) >= 11 is 4.35. The molecule has 1 unspecified atom stereocenters. The highest BCUT2D eigenvalue weighted by molar-refractivity contribution is 7.80. The van der Waals surface area contributed by atoms with Gasteiger partial charge in [-0.3, -0.25) is 4.57 Å². The third-order valence-electron chi connectivity index (χ3n) is 3.17. The fourth-order valence-corrected chi connectivity index (χ4v) is 2.44. The number of rotatable bonds is 4. The second kappa shape index (κ2) is 5.00. The minimum atomic E-state index is -0.279. The van der Waals surface area contributed by atoms with E-state index >= 15 is 0 Å². The number of aromatic nitrogens is 1. The van der Waals surface area contributed by atoms with Crippen LogP contribution in [0.5, 0.6) is 0 Å². The molecule has 3 nitrogen and oxygen atoms in total. The summed E-state index contributed by atoms with van der Waals surface area (Å²) in [6.45, 7) is 4.96. The topological polar surface area (TPSA) is 35.1 Å². The molecule has 92 valence electrons. The van der Waals surface area contributed by atoms with Crippen LogP contribution in [-0.4, -0.2) is 10.3 Å². The van der Waals surface area contributed by atoms with Gasteiger partial charge in [-0.1, -0.05) is 26.0 Å². The maximum absolute atomic E-state index is 11.8. The van der Waals surface area contributed by atoms with Crippen LogP contribution in [0, 0.1) is 11.8 Å². The van der Waals surface area contributed by atoms with Gasteiger partial charge in [0.15, 0.2) is 5.58 Å². The summed E-state index contributed by atoms with van der Waals surface area (Å²) in [7, 11) is 0. The highest BCUT2D eigenvalue weighted by Crippen LogP contribution is 2.18. The molecule has 0 N–H and O–H groups in total. The van der Waals surface area contributed by atoms with Gasteiger partial charge in [0.05, 0.1) is 5.52 Å². The zero-order chi connectivity index (χ0) is 12.4. The van der Waals surface area contributed by atoms with Crippen molar-refractivity contribution in [3.63, 3.8) is 0 Å². The number of para-hydroxylation sites is 2. The molecule has 4 heteroatoms. The Hall–Kier alpha value is -1.16. The molecule has 0 fully saturated rings. The van der Waals surface area contributed by atoms with Crippen molar-refractivity contribution < 1.29 is 4.42 Å². The van der Waals surface area contributed by atoms with Gasteiger partial charge in [0.1, 0.15) is 0 Å². The number of nitrogens with zero attached hydrogens (tertiary/aromatic N) is 1. The molecular formula is C13H17NO2S. The van der Waals surface area contributed by atoms with Gasteiger partial charge in [0.2, 0.25) is 0 Å². The van der Waals surface area contributed by atoms with E-state index in [0.29, 0.717) is 24.0 Å². The summed E-state index contributed by atoms with van der Waals surface area (Å²) in [6, 6.07) is 7.52. The predicted molar refractivity (Wildman–Crippen MR) is 72.7 cm³/mol. The quantitative estimate of drug-likeness (QED) is 0.848. The van der Waals surface area contributed by atoms with Crippen LogP contribution in [0.1, 0.15) is 13.8 Å². The molecule has 0 aliphatic rings. The third kappa shape index (κ3) is 2.41. The average molecular weight is 251 g/mol. The van der Waals surface area contributed by atoms with Gasteiger partial charge in [-0.2, -0.15) is 12.6 Å². The zero-order valence-electron chi connectivity index (χ0n) is 10.1. The number of thiol groups is 1. The molecule has 0 aliphatic carbocycles. The lowest BCUT2D eigenvalue weighted by Crippen LogP contribution is -2.24. The van der Waals surface area contributed by atoms with Gasteiger partial charge >= 0.3 is 5.76 Å². The predicted octanol–water partition coefficient (Wildman–Crippen LogP) is 2.80. The van der Waals surface area contributed by atoms with Crippen LogP contribution in [0.15, 0.2) is 33.5 Å². The van der Waals surface area contributed by atoms with Gasteiger partial charge < -0.3 is 4.42 Å². The van der Waals surface area contributed by atoms with Gasteiger partial charge in [-0.25, -0.2) is 4.79 Å². The molecule has 0 bridgehead atoms. The van der Waals surface area contributed by atoms with Crippen molar-refractivity contribution in [1.29, 1.82) is 0 Å². The first-order chi connectivity index (χ1) is 8.13. The molecule has 0 saturated carbocycles. The van der Waals surface area contributed by atoms with E-state index in [1.807, 2.05) is 24.3 Å². The molecule has 0 amide bonds. The molecule has 0 saturated heterocycles. The van der Waals surface area contributed by atoms with Crippen molar-refractivity contribution >= 4 is 23.7 Å². The molecule has 0 aliphatic heterocycles. The summed E-state index contributed by atoms with van der Waals surface area (Å²) in [5.41, 5.74) is 1.52. The van der Waals surface area contributed by atoms with Gasteiger partial charge in [-0.15, -0.1) is 0 Å². The van der Waals surface area contributed by atoms with E-state index in [0.717, 1.165) is 11.3 Å². The van der Waals surface area contributed by atoms with Crippen LogP contribution in [0.25, 0.3) is 11.1 Å². The van der Waals surface area contributed by atoms with Gasteiger partial charge in [0.25, 0.3) is 0 Å². The lowest BCUT2D eigenvalue weighted by molar-refractivity contribution is 0.359. The van der Waals surface area contributed by atoms with Crippen molar-refractivity contribution in [2.24, 2.45) is 11.8 Å². The molecule has 2 aromatic rings. The van der Waals surface area contributed by atoms with Crippen molar-refractivity contribution in [1.82, 2.24) is 4.57 Å². The molecular weight excluding hydrogens is 234 g/mol. The Balaban J connectivity index is 2.41. The molecule has 17 heavy (non-hydrogen) atoms. The molecule has 1 heterocycles. The maximum atomic E-state index is 11.8. The third-order valence-corrected chi connectivity index (χ3v) is 3.64. The normalized spacial score (nSPS) is 13.4. The lowest BCUT2D eigenvalue weighted by atomic mass is 9.98. The largest absolute Gasteiger partial charge is 0.419 e. The van der Waals surface area contributed by atoms with Crippen molar-refractivity contribution in [3.05, 3.63) is 34.8 Å². The number of hydrogen-bond acceptors (Lipinski definition) is 3. The number of oxazole rings is 1. The Morgan fingerprint density at radius 3 is 2.71 bits per heavy atom. The zero-order valence-corrected chi connectivity index (χ0v) is 11.0. The van der Waals surface area contributed by atoms with E-state index in [1.54, 1.807) is 4.57 Å². The van der Waals surface area contributed by atoms with Crippen LogP contribution >= 0.6 is 12.6 Å². The number of hydrogen-bond donors (Lipinski definition) is 1. The SMILES string of the molecule is CC(C)C(CS)Cn1c(=O)oc2ccccc21. The second-order valence-electron chi connectivity index (χ2n) is 4.63. The Bertz CT molecular complexity index is 556. The highest BCUT2D eigenvalue weighted by atomic mass is 32.1. The van der Waals surface area contributed by atoms with Crippen LogP contribution < -0.4 is 5.76 Å². The van der Waals surface area contributed by atoms with E-state index in [2.05, 4.69) is 26.5 Å². The van der Waals surface area contributed by atoms with Crippen LogP contribution in [-0.2, 0) is 6.54 Å². The molecule has 1 atom stereocenters. The maximum Gasteiger partial charge on any atom is 0.419 e. The first-order valence-corrected chi connectivity index (χ1v) is 6.46. The van der Waals surface area contributed by atoms with E-state index < -0.39 is 0 Å². The minimum Gasteiger partial charge on any atom is -0.408 e. The highest BCUT2D eigenvalue weighted by Gasteiger charge is 2.16. The molecule has 1 aromatic carbocycles. The minimum absolute atomic E-state index is 0.279. The Morgan fingerprint density at radius 2 is 2.06 bits per heavy atom. The molecule has 0 radical (unpaired) electrons. The smallest absolute Gasteiger partial charge is 0.408 e. The lowest BCUT2D eigenvalue weighted by Gasteiger charge is -2.18. The van der Waals surface area contributed by atoms with E-state index in [1.165, 1.54) is 0 Å².